The lowest BCUT2D eigenvalue weighted by Gasteiger charge is -2.12. The number of rotatable bonds is 4. The molecule has 1 N–H and O–H groups in total. The first kappa shape index (κ1) is 22.2. The average Bonchev–Trinajstić information content (AvgIpc) is 3.30. The van der Waals surface area contributed by atoms with Crippen LogP contribution in [-0.2, 0) is 21.1 Å². The van der Waals surface area contributed by atoms with Gasteiger partial charge in [-0.1, -0.05) is 30.3 Å². The van der Waals surface area contributed by atoms with E-state index < -0.39 is 27.4 Å². The minimum atomic E-state index is -3.29. The van der Waals surface area contributed by atoms with Gasteiger partial charge in [-0.25, -0.2) is 13.2 Å². The number of benzene rings is 2. The Kier molecular flexibility index (Phi) is 5.20. The summed E-state index contributed by atoms with van der Waals surface area (Å²) in [6.07, 6.45) is 1.23. The van der Waals surface area contributed by atoms with Crippen LogP contribution < -0.4 is 10.9 Å². The van der Waals surface area contributed by atoms with Crippen molar-refractivity contribution in [3.8, 4) is 11.1 Å². The molecule has 7 nitrogen and oxygen atoms in total. The van der Waals surface area contributed by atoms with Gasteiger partial charge in [0.25, 0.3) is 0 Å². The van der Waals surface area contributed by atoms with E-state index in [1.807, 2.05) is 50.2 Å². The first-order valence-electron chi connectivity index (χ1n) is 10.9. The predicted molar refractivity (Wildman–Crippen MR) is 130 cm³/mol. The van der Waals surface area contributed by atoms with Crippen molar-refractivity contribution in [1.29, 1.82) is 0 Å². The number of sulfone groups is 1. The van der Waals surface area contributed by atoms with E-state index in [1.165, 1.54) is 6.08 Å². The van der Waals surface area contributed by atoms with Gasteiger partial charge < -0.3 is 14.2 Å². The maximum atomic E-state index is 12.8. The summed E-state index contributed by atoms with van der Waals surface area (Å²) < 4.78 is 34.9. The van der Waals surface area contributed by atoms with Gasteiger partial charge in [0.2, 0.25) is 5.91 Å². The summed E-state index contributed by atoms with van der Waals surface area (Å²) in [4.78, 5) is 25.4. The highest BCUT2D eigenvalue weighted by Crippen LogP contribution is 2.39. The van der Waals surface area contributed by atoms with Gasteiger partial charge in [-0.05, 0) is 44.0 Å². The Morgan fingerprint density at radius 1 is 1.03 bits per heavy atom. The normalized spacial score (nSPS) is 17.0. The number of furan rings is 1. The summed E-state index contributed by atoms with van der Waals surface area (Å²) in [6, 6.07) is 11.3. The number of amides is 1. The van der Waals surface area contributed by atoms with Gasteiger partial charge in [0.05, 0.1) is 23.8 Å². The van der Waals surface area contributed by atoms with Crippen LogP contribution in [0.1, 0.15) is 22.5 Å². The highest BCUT2D eigenvalue weighted by Gasteiger charge is 2.25. The predicted octanol–water partition coefficient (Wildman–Crippen LogP) is 4.10. The van der Waals surface area contributed by atoms with Crippen LogP contribution >= 0.6 is 0 Å². The molecule has 34 heavy (non-hydrogen) atoms. The lowest BCUT2D eigenvalue weighted by molar-refractivity contribution is -0.120. The molecule has 0 saturated heterocycles. The van der Waals surface area contributed by atoms with Crippen molar-refractivity contribution in [2.24, 2.45) is 0 Å². The molecule has 1 amide bonds. The molecule has 0 bridgehead atoms. The second kappa shape index (κ2) is 7.99. The van der Waals surface area contributed by atoms with Crippen LogP contribution in [0.25, 0.3) is 33.1 Å². The molecule has 1 aliphatic heterocycles. The summed E-state index contributed by atoms with van der Waals surface area (Å²) in [5, 5.41) is 5.39. The topological polar surface area (TPSA) is 107 Å². The van der Waals surface area contributed by atoms with Crippen LogP contribution in [-0.4, -0.2) is 26.1 Å². The third kappa shape index (κ3) is 3.74. The van der Waals surface area contributed by atoms with Crippen molar-refractivity contribution in [1.82, 2.24) is 5.32 Å². The molecule has 0 spiro atoms. The lowest BCUT2D eigenvalue weighted by atomic mass is 9.96. The molecule has 4 aromatic rings. The summed E-state index contributed by atoms with van der Waals surface area (Å²) in [7, 11) is -3.29. The number of aryl methyl sites for hydroxylation is 3. The van der Waals surface area contributed by atoms with Crippen LogP contribution in [0.4, 0.5) is 0 Å². The van der Waals surface area contributed by atoms with Crippen molar-refractivity contribution in [2.45, 2.75) is 33.2 Å². The van der Waals surface area contributed by atoms with Gasteiger partial charge in [-0.3, -0.25) is 4.79 Å². The minimum absolute atomic E-state index is 0.177. The van der Waals surface area contributed by atoms with E-state index >= 15 is 0 Å². The van der Waals surface area contributed by atoms with Crippen LogP contribution in [0, 0.1) is 20.8 Å². The van der Waals surface area contributed by atoms with E-state index in [2.05, 4.69) is 5.32 Å². The molecule has 0 saturated carbocycles. The molecule has 5 rings (SSSR count). The van der Waals surface area contributed by atoms with Crippen LogP contribution in [0.2, 0.25) is 0 Å². The fourth-order valence-corrected chi connectivity index (χ4v) is 5.86. The van der Waals surface area contributed by atoms with Crippen LogP contribution in [0.5, 0.6) is 0 Å². The van der Waals surface area contributed by atoms with E-state index in [9.17, 15) is 18.0 Å². The third-order valence-electron chi connectivity index (χ3n) is 6.31. The quantitative estimate of drug-likeness (QED) is 0.444. The van der Waals surface area contributed by atoms with Gasteiger partial charge in [0.15, 0.2) is 9.84 Å². The molecular formula is C26H23NO6S. The number of carbonyl (C=O) groups is 1. The average molecular weight is 478 g/mol. The maximum Gasteiger partial charge on any atom is 0.340 e. The molecule has 2 aromatic carbocycles. The first-order chi connectivity index (χ1) is 16.1. The lowest BCUT2D eigenvalue weighted by Crippen LogP contribution is -2.37. The van der Waals surface area contributed by atoms with Gasteiger partial charge in [0.1, 0.15) is 16.9 Å². The van der Waals surface area contributed by atoms with Gasteiger partial charge in [-0.2, -0.15) is 0 Å². The SMILES string of the molecule is Cc1oc2c(C)c3oc(=O)c(CC(=O)N[C@H]4C=CS(=O)(=O)C4)c(C)c3cc2c1-c1ccccc1. The zero-order valence-electron chi connectivity index (χ0n) is 19.0. The van der Waals surface area contributed by atoms with Crippen molar-refractivity contribution >= 4 is 37.7 Å². The number of hydrogen-bond acceptors (Lipinski definition) is 6. The molecule has 0 unspecified atom stereocenters. The molecule has 0 radical (unpaired) electrons. The summed E-state index contributed by atoms with van der Waals surface area (Å²) in [6.45, 7) is 5.55. The molecule has 8 heteroatoms. The second-order valence-corrected chi connectivity index (χ2v) is 10.6. The number of fused-ring (bicyclic) bond motifs is 2. The van der Waals surface area contributed by atoms with E-state index in [4.69, 9.17) is 8.83 Å². The monoisotopic (exact) mass is 477 g/mol. The van der Waals surface area contributed by atoms with Crippen LogP contribution in [0.15, 0.2) is 61.5 Å². The second-order valence-electron chi connectivity index (χ2n) is 8.66. The number of nitrogens with one attached hydrogen (secondary N) is 1. The third-order valence-corrected chi connectivity index (χ3v) is 7.71. The van der Waals surface area contributed by atoms with Crippen molar-refractivity contribution in [3.63, 3.8) is 0 Å². The van der Waals surface area contributed by atoms with Crippen molar-refractivity contribution in [2.75, 3.05) is 5.75 Å². The zero-order valence-corrected chi connectivity index (χ0v) is 19.8. The fraction of sp³-hybridized carbons (Fsp3) is 0.231. The Balaban J connectivity index is 1.60. The molecule has 2 aromatic heterocycles. The largest absolute Gasteiger partial charge is 0.460 e. The van der Waals surface area contributed by atoms with E-state index in [1.54, 1.807) is 6.92 Å². The highest BCUT2D eigenvalue weighted by atomic mass is 32.2. The molecule has 1 atom stereocenters. The first-order valence-corrected chi connectivity index (χ1v) is 12.6. The summed E-state index contributed by atoms with van der Waals surface area (Å²) in [5.41, 5.74) is 4.10. The molecule has 174 valence electrons. The van der Waals surface area contributed by atoms with Gasteiger partial charge in [-0.15, -0.1) is 0 Å². The smallest absolute Gasteiger partial charge is 0.340 e. The Labute approximate surface area is 196 Å². The molecule has 3 heterocycles. The summed E-state index contributed by atoms with van der Waals surface area (Å²) >= 11 is 0. The van der Waals surface area contributed by atoms with E-state index in [0.29, 0.717) is 16.7 Å². The number of hydrogen-bond donors (Lipinski definition) is 1. The Morgan fingerprint density at radius 2 is 1.74 bits per heavy atom. The van der Waals surface area contributed by atoms with Crippen molar-refractivity contribution < 1.29 is 22.0 Å². The molecule has 1 aliphatic rings. The Hall–Kier alpha value is -3.65. The van der Waals surface area contributed by atoms with E-state index in [0.717, 1.165) is 38.6 Å². The van der Waals surface area contributed by atoms with Crippen molar-refractivity contribution in [3.05, 3.63) is 80.8 Å². The van der Waals surface area contributed by atoms with Crippen LogP contribution in [0.3, 0.4) is 0 Å². The highest BCUT2D eigenvalue weighted by molar-refractivity contribution is 7.94. The van der Waals surface area contributed by atoms with Gasteiger partial charge >= 0.3 is 5.63 Å². The Bertz CT molecular complexity index is 1660. The molecule has 0 aliphatic carbocycles. The molecule has 0 fully saturated rings. The standard InChI is InChI=1S/C26H23NO6S/c1-14-19-11-21-23(17-7-5-4-6-8-17)16(3)32-25(21)15(2)24(19)33-26(29)20(14)12-22(28)27-18-9-10-34(30,31)13-18/h4-11,18H,12-13H2,1-3H3,(H,27,28)/t18-/m0/s1. The zero-order chi connectivity index (χ0) is 24.2. The number of carbonyl (C=O) groups excluding carboxylic acids is 1. The van der Waals surface area contributed by atoms with Gasteiger partial charge in [0, 0.05) is 27.3 Å². The fourth-order valence-electron chi connectivity index (χ4n) is 4.63. The van der Waals surface area contributed by atoms with E-state index in [-0.39, 0.29) is 17.7 Å². The minimum Gasteiger partial charge on any atom is -0.460 e. The Morgan fingerprint density at radius 3 is 2.41 bits per heavy atom. The molecular weight excluding hydrogens is 454 g/mol. The summed E-state index contributed by atoms with van der Waals surface area (Å²) in [5.74, 6) is 0.144. The maximum absolute atomic E-state index is 12.8.